The molecular formula is C37H54N4O4S2. The monoisotopic (exact) mass is 682 g/mol. The molecule has 2 aliphatic carbocycles. The molecule has 2 fully saturated rings. The molecule has 0 radical (unpaired) electrons. The molecule has 2 heterocycles. The van der Waals surface area contributed by atoms with Gasteiger partial charge in [0.2, 0.25) is 0 Å². The zero-order chi connectivity index (χ0) is 33.7. The first-order valence-electron chi connectivity index (χ1n) is 17.0. The lowest BCUT2D eigenvalue weighted by atomic mass is 9.73. The molecule has 6 rings (SSSR count). The number of hydrogen-bond acceptors (Lipinski definition) is 10. The van der Waals surface area contributed by atoms with Gasteiger partial charge in [-0.2, -0.15) is 0 Å². The quantitative estimate of drug-likeness (QED) is 0.371. The SMILES string of the molecule is CC(O)[C@H]1C[C@@H]2SC(N(C)C)=N[C@@H]2[C@@H](OCc2ccccc2)[C@@H]1C.C[C@@H]1[C@@H](CO)C[C@@H]2SC(N(C)C)=N[C@@H]2[C@H]1OCc1ccccc1. The van der Waals surface area contributed by atoms with Crippen LogP contribution >= 0.6 is 23.5 Å². The molecule has 8 nitrogen and oxygen atoms in total. The topological polar surface area (TPSA) is 90.1 Å². The molecule has 1 unspecified atom stereocenters. The van der Waals surface area contributed by atoms with Gasteiger partial charge in [0.15, 0.2) is 10.3 Å². The van der Waals surface area contributed by atoms with Crippen LogP contribution in [0, 0.1) is 23.7 Å². The number of amidine groups is 2. The van der Waals surface area contributed by atoms with E-state index in [2.05, 4.69) is 47.9 Å². The molecule has 11 atom stereocenters. The lowest BCUT2D eigenvalue weighted by Gasteiger charge is -2.42. The smallest absolute Gasteiger partial charge is 0.159 e. The average Bonchev–Trinajstić information content (AvgIpc) is 3.70. The van der Waals surface area contributed by atoms with Crippen molar-refractivity contribution in [3.8, 4) is 0 Å². The highest BCUT2D eigenvalue weighted by Gasteiger charge is 2.49. The summed E-state index contributed by atoms with van der Waals surface area (Å²) in [6.07, 6.45) is 1.82. The van der Waals surface area contributed by atoms with Gasteiger partial charge < -0.3 is 29.5 Å². The van der Waals surface area contributed by atoms with Gasteiger partial charge >= 0.3 is 0 Å². The highest BCUT2D eigenvalue weighted by molar-refractivity contribution is 8.14. The first kappa shape index (κ1) is 36.2. The summed E-state index contributed by atoms with van der Waals surface area (Å²) < 4.78 is 12.7. The molecule has 4 aliphatic rings. The third-order valence-corrected chi connectivity index (χ3v) is 13.1. The summed E-state index contributed by atoms with van der Waals surface area (Å²) in [7, 11) is 8.16. The minimum Gasteiger partial charge on any atom is -0.396 e. The van der Waals surface area contributed by atoms with Gasteiger partial charge in [0.1, 0.15) is 0 Å². The zero-order valence-electron chi connectivity index (χ0n) is 29.0. The van der Waals surface area contributed by atoms with Crippen molar-refractivity contribution in [2.45, 2.75) is 87.7 Å². The second-order valence-corrected chi connectivity index (χ2v) is 16.4. The van der Waals surface area contributed by atoms with Crippen LogP contribution < -0.4 is 0 Å². The van der Waals surface area contributed by atoms with Crippen molar-refractivity contribution in [3.63, 3.8) is 0 Å². The number of benzene rings is 2. The van der Waals surface area contributed by atoms with Gasteiger partial charge in [0.25, 0.3) is 0 Å². The summed E-state index contributed by atoms with van der Waals surface area (Å²) in [5.41, 5.74) is 2.37. The highest BCUT2D eigenvalue weighted by Crippen LogP contribution is 2.46. The second-order valence-electron chi connectivity index (χ2n) is 14.0. The van der Waals surface area contributed by atoms with Crippen LogP contribution in [0.3, 0.4) is 0 Å². The second kappa shape index (κ2) is 16.5. The van der Waals surface area contributed by atoms with Gasteiger partial charge in [-0.1, -0.05) is 98.0 Å². The Hall–Kier alpha value is -2.08. The fourth-order valence-corrected chi connectivity index (χ4v) is 10.0. The van der Waals surface area contributed by atoms with Gasteiger partial charge in [0.05, 0.1) is 43.6 Å². The van der Waals surface area contributed by atoms with Crippen LogP contribution in [0.2, 0.25) is 0 Å². The third-order valence-electron chi connectivity index (χ3n) is 10.2. The van der Waals surface area contributed by atoms with Crippen molar-refractivity contribution in [2.24, 2.45) is 33.7 Å². The van der Waals surface area contributed by atoms with Crippen LogP contribution in [0.4, 0.5) is 0 Å². The Labute approximate surface area is 290 Å². The van der Waals surface area contributed by atoms with E-state index in [1.165, 1.54) is 11.1 Å². The van der Waals surface area contributed by atoms with Gasteiger partial charge in [0, 0.05) is 45.3 Å². The number of nitrogens with zero attached hydrogens (tertiary/aromatic N) is 4. The maximum atomic E-state index is 10.2. The molecule has 2 N–H and O–H groups in total. The van der Waals surface area contributed by atoms with Crippen LogP contribution in [0.25, 0.3) is 0 Å². The lowest BCUT2D eigenvalue weighted by molar-refractivity contribution is -0.0678. The molecule has 2 aliphatic heterocycles. The molecule has 2 saturated carbocycles. The molecule has 0 aromatic heterocycles. The molecule has 2 aromatic rings. The van der Waals surface area contributed by atoms with Crippen LogP contribution in [-0.4, -0.2) is 106 Å². The van der Waals surface area contributed by atoms with Gasteiger partial charge in [-0.05, 0) is 54.6 Å². The number of rotatable bonds is 8. The maximum absolute atomic E-state index is 10.2. The Balaban J connectivity index is 0.000000185. The lowest BCUT2D eigenvalue weighted by Crippen LogP contribution is -2.49. The van der Waals surface area contributed by atoms with Crippen LogP contribution in [0.1, 0.15) is 44.7 Å². The summed E-state index contributed by atoms with van der Waals surface area (Å²) in [4.78, 5) is 14.0. The van der Waals surface area contributed by atoms with E-state index in [1.807, 2.05) is 95.0 Å². The number of fused-ring (bicyclic) bond motifs is 2. The highest BCUT2D eigenvalue weighted by atomic mass is 32.2. The Bertz CT molecular complexity index is 1330. The van der Waals surface area contributed by atoms with Gasteiger partial charge in [-0.3, -0.25) is 9.98 Å². The number of thioether (sulfide) groups is 2. The number of aliphatic hydroxyl groups is 2. The van der Waals surface area contributed by atoms with E-state index in [0.29, 0.717) is 41.5 Å². The van der Waals surface area contributed by atoms with E-state index in [-0.39, 0.29) is 42.9 Å². The van der Waals surface area contributed by atoms with Crippen LogP contribution in [-0.2, 0) is 22.7 Å². The third kappa shape index (κ3) is 8.75. The van der Waals surface area contributed by atoms with Crippen molar-refractivity contribution in [1.82, 2.24) is 9.80 Å². The van der Waals surface area contributed by atoms with E-state index in [0.717, 1.165) is 23.2 Å². The van der Waals surface area contributed by atoms with Gasteiger partial charge in [-0.15, -0.1) is 0 Å². The largest absolute Gasteiger partial charge is 0.396 e. The van der Waals surface area contributed by atoms with Crippen LogP contribution in [0.5, 0.6) is 0 Å². The van der Waals surface area contributed by atoms with Gasteiger partial charge in [-0.25, -0.2) is 0 Å². The Morgan fingerprint density at radius 1 is 0.745 bits per heavy atom. The Kier molecular flexibility index (Phi) is 12.7. The summed E-state index contributed by atoms with van der Waals surface area (Å²) in [5, 5.41) is 23.0. The number of aliphatic hydroxyl groups excluding tert-OH is 2. The van der Waals surface area contributed by atoms with Crippen LogP contribution in [0.15, 0.2) is 70.6 Å². The van der Waals surface area contributed by atoms with E-state index < -0.39 is 0 Å². The average molecular weight is 683 g/mol. The van der Waals surface area contributed by atoms with E-state index in [1.54, 1.807) is 0 Å². The van der Waals surface area contributed by atoms with E-state index >= 15 is 0 Å². The molecule has 0 saturated heterocycles. The first-order chi connectivity index (χ1) is 22.6. The molecule has 10 heteroatoms. The molecular weight excluding hydrogens is 629 g/mol. The fraction of sp³-hybridized carbons (Fsp3) is 0.622. The van der Waals surface area contributed by atoms with Crippen molar-refractivity contribution < 1.29 is 19.7 Å². The zero-order valence-corrected chi connectivity index (χ0v) is 30.6. The molecule has 0 bridgehead atoms. The van der Waals surface area contributed by atoms with Crippen molar-refractivity contribution >= 4 is 33.9 Å². The first-order valence-corrected chi connectivity index (χ1v) is 18.8. The molecule has 47 heavy (non-hydrogen) atoms. The van der Waals surface area contributed by atoms with E-state index in [4.69, 9.17) is 19.5 Å². The Morgan fingerprint density at radius 3 is 1.62 bits per heavy atom. The minimum absolute atomic E-state index is 0.0495. The molecule has 0 amide bonds. The summed E-state index contributed by atoms with van der Waals surface area (Å²) in [6, 6.07) is 20.9. The Morgan fingerprint density at radius 2 is 1.19 bits per heavy atom. The summed E-state index contributed by atoms with van der Waals surface area (Å²) in [6.45, 7) is 7.74. The molecule has 2 aromatic carbocycles. The normalized spacial score (nSPS) is 33.5. The number of ether oxygens (including phenoxy) is 2. The van der Waals surface area contributed by atoms with Crippen molar-refractivity contribution in [1.29, 1.82) is 0 Å². The molecule has 0 spiro atoms. The van der Waals surface area contributed by atoms with E-state index in [9.17, 15) is 10.2 Å². The minimum atomic E-state index is -0.312. The summed E-state index contributed by atoms with van der Waals surface area (Å²) in [5.74, 6) is 1.16. The number of aliphatic imine (C=N–C) groups is 2. The predicted octanol–water partition coefficient (Wildman–Crippen LogP) is 5.63. The maximum Gasteiger partial charge on any atom is 0.159 e. The van der Waals surface area contributed by atoms with Crippen molar-refractivity contribution in [3.05, 3.63) is 71.8 Å². The summed E-state index contributed by atoms with van der Waals surface area (Å²) >= 11 is 3.67. The predicted molar refractivity (Wildman–Crippen MR) is 196 cm³/mol. The standard InChI is InChI=1S/C19H28N2O2S.C18H26N2O2S/c1-12-15(13(2)22)10-16-17(20-19(24-16)21(3)4)18(12)23-11-14-8-6-5-7-9-14;1-12-14(10-21)9-15-16(19-18(23-15)20(2)3)17(12)22-11-13-7-5-4-6-8-13/h5-9,12-13,15-18,22H,10-11H2,1-4H3;4-8,12,14-17,21H,9-11H2,1-3H3/t12-,13?,15+,16+,17+,18+;12-,14-,15+,16+,17+/m11/s1. The number of hydrogen-bond donors (Lipinski definition) is 2. The molecule has 258 valence electrons. The fourth-order valence-electron chi connectivity index (χ4n) is 7.32. The van der Waals surface area contributed by atoms with Crippen molar-refractivity contribution in [2.75, 3.05) is 34.8 Å².